The van der Waals surface area contributed by atoms with Crippen LogP contribution in [0.1, 0.15) is 56.1 Å². The van der Waals surface area contributed by atoms with E-state index < -0.39 is 23.3 Å². The second-order valence-corrected chi connectivity index (χ2v) is 13.5. The van der Waals surface area contributed by atoms with Crippen LogP contribution in [0.4, 0.5) is 19.0 Å². The minimum absolute atomic E-state index is 0.0278. The minimum Gasteiger partial charge on any atom is -0.508 e. The number of nitrogens with zero attached hydrogens (tertiary/aromatic N) is 5. The second-order valence-electron chi connectivity index (χ2n) is 13.5. The molecule has 5 heterocycles. The van der Waals surface area contributed by atoms with Gasteiger partial charge in [-0.25, -0.2) is 13.2 Å². The summed E-state index contributed by atoms with van der Waals surface area (Å²) in [5, 5.41) is 12.1. The summed E-state index contributed by atoms with van der Waals surface area (Å²) in [6.07, 6.45) is 5.16. The fraction of sp³-hybridized carbons (Fsp3) is 0.395. The van der Waals surface area contributed by atoms with Gasteiger partial charge in [0.1, 0.15) is 41.4 Å². The maximum absolute atomic E-state index is 17.0. The number of aromatic hydroxyl groups is 1. The average Bonchev–Trinajstić information content (AvgIpc) is 3.63. The molecular weight excluding hydrogens is 615 g/mol. The summed E-state index contributed by atoms with van der Waals surface area (Å²) in [4.78, 5) is 18.4. The third-order valence-corrected chi connectivity index (χ3v) is 10.6. The van der Waals surface area contributed by atoms with E-state index in [0.29, 0.717) is 53.5 Å². The highest BCUT2D eigenvalue weighted by Crippen LogP contribution is 2.42. The minimum atomic E-state index is -0.911. The number of aryl methyl sites for hydroxylation is 1. The van der Waals surface area contributed by atoms with E-state index in [9.17, 15) is 9.50 Å². The molecule has 0 aliphatic carbocycles. The zero-order valence-electron chi connectivity index (χ0n) is 26.9. The molecule has 248 valence electrons. The predicted octanol–water partition coefficient (Wildman–Crippen LogP) is 7.73. The summed E-state index contributed by atoms with van der Waals surface area (Å²) < 4.78 is 52.8. The maximum atomic E-state index is 17.0. The number of piperidine rings is 1. The van der Waals surface area contributed by atoms with Gasteiger partial charge >= 0.3 is 6.01 Å². The lowest BCUT2D eigenvalue weighted by Gasteiger charge is -2.35. The van der Waals surface area contributed by atoms with Crippen molar-refractivity contribution in [2.45, 2.75) is 63.1 Å². The number of fused-ring (bicyclic) bond motifs is 3. The van der Waals surface area contributed by atoms with Crippen molar-refractivity contribution < 1.29 is 23.0 Å². The first-order chi connectivity index (χ1) is 23.3. The largest absolute Gasteiger partial charge is 0.508 e. The molecule has 7 nitrogen and oxygen atoms in total. The van der Waals surface area contributed by atoms with Crippen molar-refractivity contribution in [3.63, 3.8) is 0 Å². The summed E-state index contributed by atoms with van der Waals surface area (Å²) >= 11 is 0. The zero-order valence-corrected chi connectivity index (χ0v) is 26.9. The summed E-state index contributed by atoms with van der Waals surface area (Å²) in [7, 11) is 0. The van der Waals surface area contributed by atoms with Gasteiger partial charge in [-0.3, -0.25) is 9.88 Å². The lowest BCUT2D eigenvalue weighted by molar-refractivity contribution is 0.107. The Kier molecular flexibility index (Phi) is 7.86. The third-order valence-electron chi connectivity index (χ3n) is 10.6. The first-order valence-corrected chi connectivity index (χ1v) is 17.0. The Morgan fingerprint density at radius 1 is 1.02 bits per heavy atom. The number of phenols is 1. The number of pyridine rings is 1. The van der Waals surface area contributed by atoms with Crippen LogP contribution >= 0.6 is 0 Å². The van der Waals surface area contributed by atoms with Crippen LogP contribution in [0.15, 0.2) is 60.8 Å². The standard InChI is InChI=1S/C38H38F3N5O2/c1-2-28-31(40)12-11-24-16-27(47)17-29(32(24)28)34-33(41)35-30(19-42-34)36(45-14-6-10-25(20-45)23-8-4-3-5-9-23)44-37(43-35)48-22-38-13-7-15-46(38)21-26(39)18-38/h3-5,8-9,11-12,16-17,19,25-26,47H,2,6-7,10,13-15,18,20-22H2,1H3/t25?,26-,38+/m1/s1. The van der Waals surface area contributed by atoms with Gasteiger partial charge in [-0.2, -0.15) is 9.97 Å². The molecule has 1 unspecified atom stereocenters. The van der Waals surface area contributed by atoms with Crippen LogP contribution in [0.3, 0.4) is 0 Å². The normalized spacial score (nSPS) is 22.9. The highest BCUT2D eigenvalue weighted by atomic mass is 19.1. The second kappa shape index (κ2) is 12.2. The highest BCUT2D eigenvalue weighted by molar-refractivity contribution is 6.01. The molecule has 10 heteroatoms. The number of phenolic OH excluding ortho intramolecular Hbond substituents is 1. The van der Waals surface area contributed by atoms with Gasteiger partial charge in [0.05, 0.1) is 10.9 Å². The number of aromatic nitrogens is 3. The van der Waals surface area contributed by atoms with Gasteiger partial charge in [-0.05, 0) is 78.7 Å². The molecular formula is C38H38F3N5O2. The Hall–Kier alpha value is -4.44. The average molecular weight is 654 g/mol. The number of ether oxygens (including phenoxy) is 1. The van der Waals surface area contributed by atoms with E-state index in [-0.39, 0.29) is 41.1 Å². The van der Waals surface area contributed by atoms with E-state index in [1.165, 1.54) is 17.7 Å². The van der Waals surface area contributed by atoms with Gasteiger partial charge in [0, 0.05) is 43.7 Å². The molecule has 0 amide bonds. The number of rotatable bonds is 7. The van der Waals surface area contributed by atoms with Crippen molar-refractivity contribution in [2.75, 3.05) is 37.7 Å². The predicted molar refractivity (Wildman–Crippen MR) is 180 cm³/mol. The van der Waals surface area contributed by atoms with Gasteiger partial charge in [0.2, 0.25) is 0 Å². The van der Waals surface area contributed by atoms with Crippen molar-refractivity contribution in [1.29, 1.82) is 0 Å². The third kappa shape index (κ3) is 5.30. The molecule has 5 aromatic rings. The van der Waals surface area contributed by atoms with Gasteiger partial charge in [0.15, 0.2) is 5.82 Å². The molecule has 3 aliphatic rings. The maximum Gasteiger partial charge on any atom is 0.319 e. The van der Waals surface area contributed by atoms with Crippen LogP contribution in [0, 0.1) is 11.6 Å². The van der Waals surface area contributed by atoms with Gasteiger partial charge in [-0.15, -0.1) is 0 Å². The van der Waals surface area contributed by atoms with Gasteiger partial charge in [-0.1, -0.05) is 43.3 Å². The Morgan fingerprint density at radius 3 is 2.71 bits per heavy atom. The molecule has 48 heavy (non-hydrogen) atoms. The molecule has 2 aromatic heterocycles. The SMILES string of the molecule is CCc1c(F)ccc2cc(O)cc(-c3ncc4c(N5CCCC(c6ccccc6)C5)nc(OC[C@@]56CCCN5C[C@H](F)C6)nc4c3F)c12. The molecule has 3 fully saturated rings. The van der Waals surface area contributed by atoms with Crippen molar-refractivity contribution in [3.05, 3.63) is 83.6 Å². The van der Waals surface area contributed by atoms with Crippen molar-refractivity contribution in [3.8, 4) is 23.0 Å². The van der Waals surface area contributed by atoms with E-state index in [4.69, 9.17) is 9.72 Å². The topological polar surface area (TPSA) is 74.6 Å². The molecule has 0 spiro atoms. The summed E-state index contributed by atoms with van der Waals surface area (Å²) in [6.45, 7) is 4.66. The fourth-order valence-electron chi connectivity index (χ4n) is 8.36. The molecule has 3 aromatic carbocycles. The number of halogens is 3. The molecule has 3 atom stereocenters. The number of alkyl halides is 1. The molecule has 3 saturated heterocycles. The first-order valence-electron chi connectivity index (χ1n) is 17.0. The first kappa shape index (κ1) is 30.9. The van der Waals surface area contributed by atoms with E-state index in [1.807, 2.05) is 25.1 Å². The van der Waals surface area contributed by atoms with Crippen LogP contribution in [-0.4, -0.2) is 69.5 Å². The lowest BCUT2D eigenvalue weighted by atomic mass is 9.90. The molecule has 3 aliphatic heterocycles. The summed E-state index contributed by atoms with van der Waals surface area (Å²) in [6, 6.07) is 16.3. The van der Waals surface area contributed by atoms with Crippen molar-refractivity contribution in [2.24, 2.45) is 0 Å². The van der Waals surface area contributed by atoms with Crippen LogP contribution < -0.4 is 9.64 Å². The monoisotopic (exact) mass is 653 g/mol. The quantitative estimate of drug-likeness (QED) is 0.193. The van der Waals surface area contributed by atoms with E-state index >= 15 is 8.78 Å². The van der Waals surface area contributed by atoms with Crippen molar-refractivity contribution >= 4 is 27.5 Å². The fourth-order valence-corrected chi connectivity index (χ4v) is 8.36. The zero-order chi connectivity index (χ0) is 33.0. The number of benzene rings is 3. The summed E-state index contributed by atoms with van der Waals surface area (Å²) in [5.74, 6) is -0.396. The van der Waals surface area contributed by atoms with Crippen molar-refractivity contribution in [1.82, 2.24) is 19.9 Å². The summed E-state index contributed by atoms with van der Waals surface area (Å²) in [5.41, 5.74) is 1.50. The molecule has 1 N–H and O–H groups in total. The van der Waals surface area contributed by atoms with Crippen LogP contribution in [0.25, 0.3) is 32.9 Å². The number of anilines is 1. The van der Waals surface area contributed by atoms with Gasteiger partial charge in [0.25, 0.3) is 0 Å². The highest BCUT2D eigenvalue weighted by Gasteiger charge is 2.49. The molecule has 0 bridgehead atoms. The molecule has 0 saturated carbocycles. The Labute approximate surface area is 277 Å². The molecule has 0 radical (unpaired) electrons. The lowest BCUT2D eigenvalue weighted by Crippen LogP contribution is -2.43. The number of hydrogen-bond acceptors (Lipinski definition) is 7. The smallest absolute Gasteiger partial charge is 0.319 e. The van der Waals surface area contributed by atoms with Gasteiger partial charge < -0.3 is 14.7 Å². The van der Waals surface area contributed by atoms with Crippen LogP contribution in [0.2, 0.25) is 0 Å². The van der Waals surface area contributed by atoms with E-state index in [0.717, 1.165) is 38.8 Å². The molecule has 8 rings (SSSR count). The Bertz CT molecular complexity index is 2010. The Morgan fingerprint density at radius 2 is 1.88 bits per heavy atom. The number of hydrogen-bond donors (Lipinski definition) is 1. The van der Waals surface area contributed by atoms with E-state index in [2.05, 4.69) is 31.9 Å². The Balaban J connectivity index is 1.26. The van der Waals surface area contributed by atoms with Crippen LogP contribution in [0.5, 0.6) is 11.8 Å². The van der Waals surface area contributed by atoms with Crippen LogP contribution in [-0.2, 0) is 6.42 Å². The van der Waals surface area contributed by atoms with E-state index in [1.54, 1.807) is 18.3 Å².